The Balaban J connectivity index is 2.34. The first-order valence-corrected chi connectivity index (χ1v) is 6.36. The summed E-state index contributed by atoms with van der Waals surface area (Å²) in [5.41, 5.74) is 2.38. The maximum absolute atomic E-state index is 12.6. The van der Waals surface area contributed by atoms with Crippen molar-refractivity contribution in [3.05, 3.63) is 64.2 Å². The third-order valence-corrected chi connectivity index (χ3v) is 3.30. The minimum Gasteiger partial charge on any atom is -0.508 e. The van der Waals surface area contributed by atoms with Crippen LogP contribution < -0.4 is 5.56 Å². The number of hydrogen-bond donors (Lipinski definition) is 1. The van der Waals surface area contributed by atoms with E-state index in [1.165, 1.54) is 0 Å². The van der Waals surface area contributed by atoms with Crippen LogP contribution in [0.1, 0.15) is 11.4 Å². The molecule has 0 amide bonds. The molecule has 0 unspecified atom stereocenters. The van der Waals surface area contributed by atoms with E-state index < -0.39 is 0 Å². The van der Waals surface area contributed by atoms with Crippen molar-refractivity contribution in [3.63, 3.8) is 0 Å². The summed E-state index contributed by atoms with van der Waals surface area (Å²) in [5.74, 6) is 0.794. The van der Waals surface area contributed by atoms with Gasteiger partial charge in [0.15, 0.2) is 0 Å². The topological polar surface area (TPSA) is 55.1 Å². The highest BCUT2D eigenvalue weighted by atomic mass is 16.3. The molecule has 0 aliphatic heterocycles. The average Bonchev–Trinajstić information content (AvgIpc) is 2.40. The quantitative estimate of drug-likeness (QED) is 0.736. The number of aromatic hydroxyl groups is 1. The number of rotatable bonds is 1. The molecule has 1 aromatic heterocycles. The SMILES string of the molecule is Cc1ccc2c(=O)n(-c3ccc(O)cc3)c(C)nc2c1. The number of phenolic OH excluding ortho intramolecular Hbond substituents is 1. The van der Waals surface area contributed by atoms with Crippen molar-refractivity contribution >= 4 is 10.9 Å². The van der Waals surface area contributed by atoms with Gasteiger partial charge in [-0.05, 0) is 55.8 Å². The molecule has 3 aromatic rings. The summed E-state index contributed by atoms with van der Waals surface area (Å²) in [6.45, 7) is 3.78. The molecule has 4 heteroatoms. The highest BCUT2D eigenvalue weighted by Crippen LogP contribution is 2.16. The van der Waals surface area contributed by atoms with Crippen molar-refractivity contribution in [1.29, 1.82) is 0 Å². The molecule has 0 saturated carbocycles. The summed E-state index contributed by atoms with van der Waals surface area (Å²) in [5, 5.41) is 9.93. The van der Waals surface area contributed by atoms with E-state index in [0.717, 1.165) is 5.56 Å². The average molecular weight is 266 g/mol. The van der Waals surface area contributed by atoms with Gasteiger partial charge in [-0.1, -0.05) is 6.07 Å². The van der Waals surface area contributed by atoms with E-state index >= 15 is 0 Å². The molecule has 0 spiro atoms. The first kappa shape index (κ1) is 12.4. The van der Waals surface area contributed by atoms with Crippen molar-refractivity contribution in [2.24, 2.45) is 0 Å². The molecule has 0 fully saturated rings. The van der Waals surface area contributed by atoms with E-state index in [1.54, 1.807) is 41.8 Å². The van der Waals surface area contributed by atoms with Crippen LogP contribution in [0.2, 0.25) is 0 Å². The first-order valence-electron chi connectivity index (χ1n) is 6.36. The van der Waals surface area contributed by atoms with Gasteiger partial charge in [0.1, 0.15) is 11.6 Å². The minimum atomic E-state index is -0.0989. The number of aromatic nitrogens is 2. The lowest BCUT2D eigenvalue weighted by atomic mass is 10.1. The summed E-state index contributed by atoms with van der Waals surface area (Å²) in [6.07, 6.45) is 0. The Morgan fingerprint density at radius 3 is 2.45 bits per heavy atom. The Morgan fingerprint density at radius 1 is 1.05 bits per heavy atom. The molecule has 3 rings (SSSR count). The second-order valence-electron chi connectivity index (χ2n) is 4.84. The van der Waals surface area contributed by atoms with Crippen LogP contribution in [-0.2, 0) is 0 Å². The van der Waals surface area contributed by atoms with Crippen LogP contribution in [0.25, 0.3) is 16.6 Å². The normalized spacial score (nSPS) is 10.9. The summed E-state index contributed by atoms with van der Waals surface area (Å²) in [4.78, 5) is 17.1. The Bertz CT molecular complexity index is 849. The van der Waals surface area contributed by atoms with Gasteiger partial charge in [-0.15, -0.1) is 0 Å². The Morgan fingerprint density at radius 2 is 1.75 bits per heavy atom. The number of nitrogens with zero attached hydrogens (tertiary/aromatic N) is 2. The predicted molar refractivity (Wildman–Crippen MR) is 78.5 cm³/mol. The predicted octanol–water partition coefficient (Wildman–Crippen LogP) is 2.71. The zero-order valence-corrected chi connectivity index (χ0v) is 11.3. The highest BCUT2D eigenvalue weighted by Gasteiger charge is 2.09. The minimum absolute atomic E-state index is 0.0989. The molecule has 100 valence electrons. The molecule has 0 aliphatic rings. The van der Waals surface area contributed by atoms with E-state index in [0.29, 0.717) is 22.4 Å². The number of hydrogen-bond acceptors (Lipinski definition) is 3. The van der Waals surface area contributed by atoms with Crippen LogP contribution in [0.3, 0.4) is 0 Å². The largest absolute Gasteiger partial charge is 0.508 e. The second kappa shape index (κ2) is 4.49. The number of aryl methyl sites for hydroxylation is 2. The van der Waals surface area contributed by atoms with Crippen LogP contribution in [0.4, 0.5) is 0 Å². The van der Waals surface area contributed by atoms with E-state index in [4.69, 9.17) is 0 Å². The fourth-order valence-corrected chi connectivity index (χ4v) is 2.31. The fraction of sp³-hybridized carbons (Fsp3) is 0.125. The van der Waals surface area contributed by atoms with Gasteiger partial charge >= 0.3 is 0 Å². The lowest BCUT2D eigenvalue weighted by molar-refractivity contribution is 0.475. The molecular formula is C16H14N2O2. The molecule has 1 heterocycles. The molecular weight excluding hydrogens is 252 g/mol. The monoisotopic (exact) mass is 266 g/mol. The molecule has 4 nitrogen and oxygen atoms in total. The maximum atomic E-state index is 12.6. The summed E-state index contributed by atoms with van der Waals surface area (Å²) in [7, 11) is 0. The Kier molecular flexibility index (Phi) is 2.79. The van der Waals surface area contributed by atoms with Gasteiger partial charge < -0.3 is 5.11 Å². The summed E-state index contributed by atoms with van der Waals surface area (Å²) >= 11 is 0. The van der Waals surface area contributed by atoms with E-state index in [2.05, 4.69) is 4.98 Å². The van der Waals surface area contributed by atoms with Gasteiger partial charge in [0, 0.05) is 0 Å². The summed E-state index contributed by atoms with van der Waals surface area (Å²) < 4.78 is 1.55. The van der Waals surface area contributed by atoms with Crippen LogP contribution in [0.5, 0.6) is 5.75 Å². The van der Waals surface area contributed by atoms with E-state index in [9.17, 15) is 9.90 Å². The molecule has 0 bridgehead atoms. The lowest BCUT2D eigenvalue weighted by Crippen LogP contribution is -2.22. The zero-order chi connectivity index (χ0) is 14.3. The van der Waals surface area contributed by atoms with Crippen LogP contribution in [0.15, 0.2) is 47.3 Å². The highest BCUT2D eigenvalue weighted by molar-refractivity contribution is 5.78. The third kappa shape index (κ3) is 1.95. The zero-order valence-electron chi connectivity index (χ0n) is 11.3. The number of benzene rings is 2. The second-order valence-corrected chi connectivity index (χ2v) is 4.84. The van der Waals surface area contributed by atoms with Gasteiger partial charge in [0.05, 0.1) is 16.6 Å². The lowest BCUT2D eigenvalue weighted by Gasteiger charge is -2.11. The van der Waals surface area contributed by atoms with Gasteiger partial charge in [-0.25, -0.2) is 4.98 Å². The number of fused-ring (bicyclic) bond motifs is 1. The van der Waals surface area contributed by atoms with E-state index in [1.807, 2.05) is 19.1 Å². The molecule has 2 aromatic carbocycles. The van der Waals surface area contributed by atoms with Crippen LogP contribution in [0, 0.1) is 13.8 Å². The Hall–Kier alpha value is -2.62. The van der Waals surface area contributed by atoms with Crippen molar-refractivity contribution in [2.75, 3.05) is 0 Å². The van der Waals surface area contributed by atoms with Gasteiger partial charge in [-0.2, -0.15) is 0 Å². The van der Waals surface area contributed by atoms with E-state index in [-0.39, 0.29) is 11.3 Å². The van der Waals surface area contributed by atoms with Crippen molar-refractivity contribution in [3.8, 4) is 11.4 Å². The molecule has 20 heavy (non-hydrogen) atoms. The smallest absolute Gasteiger partial charge is 0.265 e. The fourth-order valence-electron chi connectivity index (χ4n) is 2.31. The number of phenols is 1. The van der Waals surface area contributed by atoms with Crippen LogP contribution in [-0.4, -0.2) is 14.7 Å². The van der Waals surface area contributed by atoms with Crippen molar-refractivity contribution < 1.29 is 5.11 Å². The Labute approximate surface area is 116 Å². The first-order chi connectivity index (χ1) is 9.56. The standard InChI is InChI=1S/C16H14N2O2/c1-10-3-8-14-15(9-10)17-11(2)18(16(14)20)12-4-6-13(19)7-5-12/h3-9,19H,1-2H3. The maximum Gasteiger partial charge on any atom is 0.265 e. The van der Waals surface area contributed by atoms with Gasteiger partial charge in [0.2, 0.25) is 0 Å². The van der Waals surface area contributed by atoms with Crippen molar-refractivity contribution in [2.45, 2.75) is 13.8 Å². The van der Waals surface area contributed by atoms with Gasteiger partial charge in [0.25, 0.3) is 5.56 Å². The molecule has 0 saturated heterocycles. The van der Waals surface area contributed by atoms with Gasteiger partial charge in [-0.3, -0.25) is 9.36 Å². The third-order valence-electron chi connectivity index (χ3n) is 3.30. The van der Waals surface area contributed by atoms with Crippen LogP contribution >= 0.6 is 0 Å². The molecule has 0 radical (unpaired) electrons. The molecule has 1 N–H and O–H groups in total. The summed E-state index contributed by atoms with van der Waals surface area (Å²) in [6, 6.07) is 12.1. The van der Waals surface area contributed by atoms with Crippen molar-refractivity contribution in [1.82, 2.24) is 9.55 Å². The molecule has 0 aliphatic carbocycles. The molecule has 0 atom stereocenters.